The Morgan fingerprint density at radius 2 is 2.15 bits per heavy atom. The van der Waals surface area contributed by atoms with Gasteiger partial charge in [0.05, 0.1) is 13.2 Å². The highest BCUT2D eigenvalue weighted by Gasteiger charge is 2.27. The summed E-state index contributed by atoms with van der Waals surface area (Å²) in [5.41, 5.74) is 0. The molecule has 2 atom stereocenters. The number of likely N-dealkylation sites (tertiary alicyclic amines) is 1. The minimum Gasteiger partial charge on any atom is -0.383 e. The molecule has 1 saturated heterocycles. The minimum absolute atomic E-state index is 0.0836. The molecule has 1 aliphatic carbocycles. The van der Waals surface area contributed by atoms with Crippen LogP contribution in [0.15, 0.2) is 0 Å². The number of hydrogen-bond donors (Lipinski definition) is 2. The van der Waals surface area contributed by atoms with Gasteiger partial charge in [-0.1, -0.05) is 6.42 Å². The number of nitrogens with one attached hydrogen (secondary N) is 2. The molecule has 20 heavy (non-hydrogen) atoms. The van der Waals surface area contributed by atoms with E-state index in [0.29, 0.717) is 19.2 Å². The number of ether oxygens (including phenoxy) is 1. The second kappa shape index (κ2) is 7.96. The van der Waals surface area contributed by atoms with Crippen LogP contribution in [0.2, 0.25) is 0 Å². The van der Waals surface area contributed by atoms with E-state index in [9.17, 15) is 4.79 Å². The van der Waals surface area contributed by atoms with Crippen molar-refractivity contribution < 1.29 is 9.53 Å². The number of hydrogen-bond acceptors (Lipinski definition) is 4. The van der Waals surface area contributed by atoms with Gasteiger partial charge in [0, 0.05) is 31.8 Å². The number of rotatable bonds is 8. The van der Waals surface area contributed by atoms with E-state index in [4.69, 9.17) is 4.74 Å². The van der Waals surface area contributed by atoms with Crippen LogP contribution in [0.25, 0.3) is 0 Å². The van der Waals surface area contributed by atoms with Gasteiger partial charge >= 0.3 is 0 Å². The first-order valence-corrected chi connectivity index (χ1v) is 7.94. The van der Waals surface area contributed by atoms with Gasteiger partial charge in [0.15, 0.2) is 0 Å². The fraction of sp³-hybridized carbons (Fsp3) is 0.933. The Bertz CT molecular complexity index is 307. The highest BCUT2D eigenvalue weighted by molar-refractivity contribution is 5.78. The first-order chi connectivity index (χ1) is 9.69. The van der Waals surface area contributed by atoms with E-state index in [2.05, 4.69) is 15.5 Å². The zero-order chi connectivity index (χ0) is 14.4. The average Bonchev–Trinajstić information content (AvgIpc) is 3.22. The van der Waals surface area contributed by atoms with E-state index in [1.807, 2.05) is 6.92 Å². The van der Waals surface area contributed by atoms with Gasteiger partial charge in [-0.05, 0) is 39.2 Å². The van der Waals surface area contributed by atoms with E-state index in [0.717, 1.165) is 19.1 Å². The third kappa shape index (κ3) is 5.38. The summed E-state index contributed by atoms with van der Waals surface area (Å²) in [6, 6.07) is 1.35. The van der Waals surface area contributed by atoms with Gasteiger partial charge < -0.3 is 15.4 Å². The van der Waals surface area contributed by atoms with Crippen LogP contribution in [0.5, 0.6) is 0 Å². The first kappa shape index (κ1) is 15.7. The van der Waals surface area contributed by atoms with Crippen LogP contribution < -0.4 is 10.6 Å². The normalized spacial score (nSPS) is 25.4. The van der Waals surface area contributed by atoms with E-state index >= 15 is 0 Å². The first-order valence-electron chi connectivity index (χ1n) is 7.94. The second-order valence-corrected chi connectivity index (χ2v) is 6.23. The van der Waals surface area contributed by atoms with Gasteiger partial charge in [0.2, 0.25) is 5.91 Å². The monoisotopic (exact) mass is 283 g/mol. The standard InChI is InChI=1S/C15H29N3O2/c1-12(11-20-2)17-15(19)10-18-8-4-3-5-14(18)9-16-13-6-7-13/h12-14,16H,3-11H2,1-2H3,(H,17,19). The van der Waals surface area contributed by atoms with Gasteiger partial charge in [-0.2, -0.15) is 0 Å². The molecular formula is C15H29N3O2. The molecule has 2 fully saturated rings. The number of nitrogens with zero attached hydrogens (tertiary/aromatic N) is 1. The molecule has 1 saturated carbocycles. The molecule has 1 aliphatic heterocycles. The van der Waals surface area contributed by atoms with Crippen molar-refractivity contribution in [2.24, 2.45) is 0 Å². The molecule has 0 spiro atoms. The van der Waals surface area contributed by atoms with E-state index in [1.54, 1.807) is 7.11 Å². The maximum Gasteiger partial charge on any atom is 0.234 e. The van der Waals surface area contributed by atoms with E-state index < -0.39 is 0 Å². The third-order valence-corrected chi connectivity index (χ3v) is 4.14. The van der Waals surface area contributed by atoms with Crippen molar-refractivity contribution >= 4 is 5.91 Å². The van der Waals surface area contributed by atoms with Crippen molar-refractivity contribution in [2.75, 3.05) is 33.4 Å². The van der Waals surface area contributed by atoms with Crippen LogP contribution in [-0.2, 0) is 9.53 Å². The average molecular weight is 283 g/mol. The summed E-state index contributed by atoms with van der Waals surface area (Å²) in [6.07, 6.45) is 6.35. The summed E-state index contributed by atoms with van der Waals surface area (Å²) in [7, 11) is 1.66. The highest BCUT2D eigenvalue weighted by atomic mass is 16.5. The van der Waals surface area contributed by atoms with Crippen LogP contribution in [0.4, 0.5) is 0 Å². The molecule has 116 valence electrons. The Morgan fingerprint density at radius 1 is 1.35 bits per heavy atom. The molecule has 2 rings (SSSR count). The van der Waals surface area contributed by atoms with Crippen LogP contribution in [0, 0.1) is 0 Å². The summed E-state index contributed by atoms with van der Waals surface area (Å²) in [5.74, 6) is 0.118. The number of carbonyl (C=O) groups is 1. The quantitative estimate of drug-likeness (QED) is 0.690. The number of carbonyl (C=O) groups excluding carboxylic acids is 1. The van der Waals surface area contributed by atoms with Crippen molar-refractivity contribution in [1.82, 2.24) is 15.5 Å². The highest BCUT2D eigenvalue weighted by Crippen LogP contribution is 2.21. The molecule has 0 aromatic rings. The van der Waals surface area contributed by atoms with Crippen molar-refractivity contribution in [1.29, 1.82) is 0 Å². The maximum absolute atomic E-state index is 12.1. The number of piperidine rings is 1. The molecule has 2 aliphatic rings. The van der Waals surface area contributed by atoms with Crippen molar-refractivity contribution in [2.45, 2.75) is 57.2 Å². The minimum atomic E-state index is 0.0836. The van der Waals surface area contributed by atoms with Crippen molar-refractivity contribution in [3.63, 3.8) is 0 Å². The van der Waals surface area contributed by atoms with Gasteiger partial charge in [0.1, 0.15) is 0 Å². The Kier molecular flexibility index (Phi) is 6.26. The lowest BCUT2D eigenvalue weighted by molar-refractivity contribution is -0.124. The molecule has 0 aromatic heterocycles. The van der Waals surface area contributed by atoms with Crippen LogP contribution in [-0.4, -0.2) is 62.3 Å². The molecule has 5 nitrogen and oxygen atoms in total. The fourth-order valence-electron chi connectivity index (χ4n) is 2.89. The molecule has 0 radical (unpaired) electrons. The fourth-order valence-corrected chi connectivity index (χ4v) is 2.89. The smallest absolute Gasteiger partial charge is 0.234 e. The van der Waals surface area contributed by atoms with Crippen molar-refractivity contribution in [3.05, 3.63) is 0 Å². The largest absolute Gasteiger partial charge is 0.383 e. The summed E-state index contributed by atoms with van der Waals surface area (Å²) < 4.78 is 5.05. The van der Waals surface area contributed by atoms with Gasteiger partial charge in [-0.25, -0.2) is 0 Å². The maximum atomic E-state index is 12.1. The van der Waals surface area contributed by atoms with Crippen LogP contribution >= 0.6 is 0 Å². The van der Waals surface area contributed by atoms with E-state index in [-0.39, 0.29) is 11.9 Å². The molecule has 0 aromatic carbocycles. The molecule has 1 heterocycles. The van der Waals surface area contributed by atoms with Crippen LogP contribution in [0.3, 0.4) is 0 Å². The van der Waals surface area contributed by atoms with Gasteiger partial charge in [-0.15, -0.1) is 0 Å². The van der Waals surface area contributed by atoms with Gasteiger partial charge in [-0.3, -0.25) is 9.69 Å². The van der Waals surface area contributed by atoms with Crippen molar-refractivity contribution in [3.8, 4) is 0 Å². The molecule has 5 heteroatoms. The molecule has 2 N–H and O–H groups in total. The molecular weight excluding hydrogens is 254 g/mol. The zero-order valence-corrected chi connectivity index (χ0v) is 12.9. The number of amides is 1. The van der Waals surface area contributed by atoms with E-state index in [1.165, 1.54) is 32.1 Å². The Hall–Kier alpha value is -0.650. The lowest BCUT2D eigenvalue weighted by Crippen LogP contribution is -2.51. The predicted octanol–water partition coefficient (Wildman–Crippen LogP) is 0.744. The SMILES string of the molecule is COCC(C)NC(=O)CN1CCCCC1CNC1CC1. The summed E-state index contributed by atoms with van der Waals surface area (Å²) >= 11 is 0. The Morgan fingerprint density at radius 3 is 2.85 bits per heavy atom. The number of methoxy groups -OCH3 is 1. The van der Waals surface area contributed by atoms with Gasteiger partial charge in [0.25, 0.3) is 0 Å². The predicted molar refractivity (Wildman–Crippen MR) is 79.7 cm³/mol. The lowest BCUT2D eigenvalue weighted by Gasteiger charge is -2.35. The summed E-state index contributed by atoms with van der Waals surface area (Å²) in [5, 5.41) is 6.60. The lowest BCUT2D eigenvalue weighted by atomic mass is 10.0. The molecule has 1 amide bonds. The summed E-state index contributed by atoms with van der Waals surface area (Å²) in [4.78, 5) is 14.4. The van der Waals surface area contributed by atoms with Crippen LogP contribution in [0.1, 0.15) is 39.0 Å². The Labute approximate surface area is 122 Å². The molecule has 0 bridgehead atoms. The Balaban J connectivity index is 1.73. The summed E-state index contributed by atoms with van der Waals surface area (Å²) in [6.45, 7) is 5.14. The third-order valence-electron chi connectivity index (χ3n) is 4.14. The molecule has 2 unspecified atom stereocenters. The second-order valence-electron chi connectivity index (χ2n) is 6.23. The zero-order valence-electron chi connectivity index (χ0n) is 12.9. The topological polar surface area (TPSA) is 53.6 Å².